The first-order chi connectivity index (χ1) is 17.8. The van der Waals surface area contributed by atoms with Crippen molar-refractivity contribution in [3.63, 3.8) is 0 Å². The molecule has 2 aliphatic heterocycles. The quantitative estimate of drug-likeness (QED) is 0.438. The molecule has 0 radical (unpaired) electrons. The molecule has 0 aromatic heterocycles. The minimum absolute atomic E-state index is 0.0741. The third-order valence-corrected chi connectivity index (χ3v) is 8.04. The molecule has 2 fully saturated rings. The van der Waals surface area contributed by atoms with Crippen molar-refractivity contribution in [2.24, 2.45) is 0 Å². The number of halogens is 3. The zero-order chi connectivity index (χ0) is 28.3. The van der Waals surface area contributed by atoms with Gasteiger partial charge in [-0.2, -0.15) is 17.5 Å². The lowest BCUT2D eigenvalue weighted by atomic mass is 10.1. The smallest absolute Gasteiger partial charge is 0.475 e. The zero-order valence-corrected chi connectivity index (χ0v) is 22.2. The molecule has 14 heteroatoms. The Balaban J connectivity index is 0.000000638. The van der Waals surface area contributed by atoms with E-state index in [1.807, 2.05) is 36.1 Å². The lowest BCUT2D eigenvalue weighted by molar-refractivity contribution is -0.192. The fourth-order valence-corrected chi connectivity index (χ4v) is 5.47. The third kappa shape index (κ3) is 10.6. The second-order valence-corrected chi connectivity index (χ2v) is 11.2. The second kappa shape index (κ2) is 14.4. The van der Waals surface area contributed by atoms with Crippen molar-refractivity contribution in [3.8, 4) is 0 Å². The van der Waals surface area contributed by atoms with E-state index in [0.29, 0.717) is 52.1 Å². The molecule has 0 atom stereocenters. The molecule has 2 N–H and O–H groups in total. The Hall–Kier alpha value is -2.71. The minimum Gasteiger partial charge on any atom is -0.475 e. The van der Waals surface area contributed by atoms with E-state index in [4.69, 9.17) is 9.90 Å². The SMILES string of the molecule is Cc1ccc(CC(=O)N(CCCN2CCCC2=O)CCS(=O)(=O)N2CCNCC2)cc1.O=C(O)C(F)(F)F. The molecule has 1 aromatic rings. The molecule has 0 unspecified atom stereocenters. The number of nitrogens with zero attached hydrogens (tertiary/aromatic N) is 3. The number of carboxylic acids is 1. The van der Waals surface area contributed by atoms with Crippen LogP contribution in [0, 0.1) is 6.92 Å². The topological polar surface area (TPSA) is 127 Å². The lowest BCUT2D eigenvalue weighted by Crippen LogP contribution is -2.48. The van der Waals surface area contributed by atoms with E-state index >= 15 is 0 Å². The number of carbonyl (C=O) groups is 3. The number of amides is 2. The fourth-order valence-electron chi connectivity index (χ4n) is 4.02. The summed E-state index contributed by atoms with van der Waals surface area (Å²) in [5.74, 6) is -2.74. The molecule has 2 aliphatic rings. The molecule has 10 nitrogen and oxygen atoms in total. The van der Waals surface area contributed by atoms with Crippen LogP contribution in [0.15, 0.2) is 24.3 Å². The van der Waals surface area contributed by atoms with Gasteiger partial charge in [0.15, 0.2) is 0 Å². The summed E-state index contributed by atoms with van der Waals surface area (Å²) in [4.78, 5) is 37.2. The molecule has 2 saturated heterocycles. The number of rotatable bonds is 10. The van der Waals surface area contributed by atoms with E-state index in [-0.39, 0.29) is 30.5 Å². The Kier molecular flexibility index (Phi) is 12.0. The average molecular weight is 565 g/mol. The zero-order valence-electron chi connectivity index (χ0n) is 21.4. The Morgan fingerprint density at radius 1 is 1.08 bits per heavy atom. The molecule has 3 rings (SSSR count). The number of likely N-dealkylation sites (tertiary alicyclic amines) is 1. The molecule has 2 amide bonds. The summed E-state index contributed by atoms with van der Waals surface area (Å²) in [6.45, 7) is 6.24. The van der Waals surface area contributed by atoms with Crippen molar-refractivity contribution in [1.29, 1.82) is 0 Å². The van der Waals surface area contributed by atoms with Gasteiger partial charge in [0.2, 0.25) is 21.8 Å². The predicted octanol–water partition coefficient (Wildman–Crippen LogP) is 1.25. The Morgan fingerprint density at radius 2 is 1.68 bits per heavy atom. The summed E-state index contributed by atoms with van der Waals surface area (Å²) in [5.41, 5.74) is 2.05. The maximum atomic E-state index is 13.0. The molecule has 0 spiro atoms. The maximum Gasteiger partial charge on any atom is 0.490 e. The highest BCUT2D eigenvalue weighted by Gasteiger charge is 2.38. The number of nitrogens with one attached hydrogen (secondary N) is 1. The van der Waals surface area contributed by atoms with Gasteiger partial charge >= 0.3 is 12.1 Å². The molecule has 2 heterocycles. The molecule has 0 aliphatic carbocycles. The summed E-state index contributed by atoms with van der Waals surface area (Å²) < 4.78 is 58.7. The first-order valence-corrected chi connectivity index (χ1v) is 14.0. The maximum absolute atomic E-state index is 13.0. The van der Waals surface area contributed by atoms with Gasteiger partial charge in [0, 0.05) is 58.8 Å². The van der Waals surface area contributed by atoms with Gasteiger partial charge < -0.3 is 20.2 Å². The molecule has 1 aromatic carbocycles. The van der Waals surface area contributed by atoms with E-state index < -0.39 is 22.2 Å². The van der Waals surface area contributed by atoms with Gasteiger partial charge in [-0.25, -0.2) is 13.2 Å². The number of hydrogen-bond acceptors (Lipinski definition) is 6. The van der Waals surface area contributed by atoms with Crippen molar-refractivity contribution in [2.45, 2.75) is 38.8 Å². The number of aliphatic carboxylic acids is 1. The standard InChI is InChI=1S/C22H34N4O4S.C2HF3O2/c1-19-5-7-20(8-6-19)18-22(28)25(13-3-12-24-11-2-4-21(24)27)16-17-31(29,30)26-14-9-23-10-15-26;3-2(4,5)1(6)7/h5-8,23H,2-4,9-18H2,1H3;(H,6,7). The van der Waals surface area contributed by atoms with Crippen LogP contribution in [-0.2, 0) is 30.8 Å². The normalized spacial score (nSPS) is 16.6. The minimum atomic E-state index is -5.08. The number of piperazine rings is 1. The third-order valence-electron chi connectivity index (χ3n) is 6.19. The fraction of sp³-hybridized carbons (Fsp3) is 0.625. The Bertz CT molecular complexity index is 1040. The van der Waals surface area contributed by atoms with Crippen molar-refractivity contribution < 1.29 is 41.1 Å². The Morgan fingerprint density at radius 3 is 2.21 bits per heavy atom. The summed E-state index contributed by atoms with van der Waals surface area (Å²) in [5, 5.41) is 10.3. The second-order valence-electron chi connectivity index (χ2n) is 9.15. The number of hydrogen-bond donors (Lipinski definition) is 2. The van der Waals surface area contributed by atoms with Crippen LogP contribution in [0.1, 0.15) is 30.4 Å². The summed E-state index contributed by atoms with van der Waals surface area (Å²) in [7, 11) is -3.40. The van der Waals surface area contributed by atoms with Gasteiger partial charge in [0.05, 0.1) is 12.2 Å². The van der Waals surface area contributed by atoms with Crippen LogP contribution in [-0.4, -0.2) is 110 Å². The van der Waals surface area contributed by atoms with Crippen LogP contribution in [0.2, 0.25) is 0 Å². The number of aryl methyl sites for hydroxylation is 1. The summed E-state index contributed by atoms with van der Waals surface area (Å²) >= 11 is 0. The summed E-state index contributed by atoms with van der Waals surface area (Å²) in [6, 6.07) is 7.82. The summed E-state index contributed by atoms with van der Waals surface area (Å²) in [6.07, 6.45) is -2.70. The van der Waals surface area contributed by atoms with Crippen LogP contribution in [0.3, 0.4) is 0 Å². The van der Waals surface area contributed by atoms with E-state index in [1.54, 1.807) is 4.90 Å². The van der Waals surface area contributed by atoms with Gasteiger partial charge in [-0.15, -0.1) is 0 Å². The van der Waals surface area contributed by atoms with Crippen molar-refractivity contribution >= 4 is 27.8 Å². The number of carboxylic acid groups (broad SMARTS) is 1. The van der Waals surface area contributed by atoms with Crippen molar-refractivity contribution in [1.82, 2.24) is 19.4 Å². The van der Waals surface area contributed by atoms with Crippen LogP contribution in [0.25, 0.3) is 0 Å². The van der Waals surface area contributed by atoms with E-state index in [2.05, 4.69) is 5.32 Å². The van der Waals surface area contributed by atoms with Crippen molar-refractivity contribution in [3.05, 3.63) is 35.4 Å². The van der Waals surface area contributed by atoms with Gasteiger partial charge in [0.25, 0.3) is 0 Å². The molecular weight excluding hydrogens is 529 g/mol. The highest BCUT2D eigenvalue weighted by Crippen LogP contribution is 2.13. The van der Waals surface area contributed by atoms with E-state index in [9.17, 15) is 31.2 Å². The average Bonchev–Trinajstić information content (AvgIpc) is 3.27. The molecule has 214 valence electrons. The predicted molar refractivity (Wildman–Crippen MR) is 134 cm³/mol. The molecular formula is C24H35F3N4O6S. The van der Waals surface area contributed by atoms with Crippen LogP contribution in [0.4, 0.5) is 13.2 Å². The Labute approximate surface area is 220 Å². The highest BCUT2D eigenvalue weighted by molar-refractivity contribution is 7.89. The van der Waals surface area contributed by atoms with Crippen LogP contribution >= 0.6 is 0 Å². The first-order valence-electron chi connectivity index (χ1n) is 12.4. The monoisotopic (exact) mass is 564 g/mol. The highest BCUT2D eigenvalue weighted by atomic mass is 32.2. The van der Waals surface area contributed by atoms with Gasteiger partial charge in [0.1, 0.15) is 0 Å². The molecule has 38 heavy (non-hydrogen) atoms. The van der Waals surface area contributed by atoms with Crippen molar-refractivity contribution in [2.75, 3.05) is 58.1 Å². The van der Waals surface area contributed by atoms with Gasteiger partial charge in [-0.3, -0.25) is 9.59 Å². The van der Waals surface area contributed by atoms with Gasteiger partial charge in [-0.1, -0.05) is 29.8 Å². The molecule has 0 saturated carbocycles. The number of benzene rings is 1. The lowest BCUT2D eigenvalue weighted by Gasteiger charge is -2.29. The first kappa shape index (κ1) is 31.5. The van der Waals surface area contributed by atoms with Crippen LogP contribution < -0.4 is 5.32 Å². The number of alkyl halides is 3. The van der Waals surface area contributed by atoms with E-state index in [1.165, 1.54) is 4.31 Å². The van der Waals surface area contributed by atoms with Crippen LogP contribution in [0.5, 0.6) is 0 Å². The molecule has 0 bridgehead atoms. The number of sulfonamides is 1. The number of carbonyl (C=O) groups excluding carboxylic acids is 2. The van der Waals surface area contributed by atoms with Gasteiger partial charge in [-0.05, 0) is 25.3 Å². The largest absolute Gasteiger partial charge is 0.490 e. The van der Waals surface area contributed by atoms with E-state index in [0.717, 1.165) is 24.1 Å².